The van der Waals surface area contributed by atoms with Gasteiger partial charge in [-0.2, -0.15) is 13.2 Å². The third kappa shape index (κ3) is 3.52. The van der Waals surface area contributed by atoms with Crippen molar-refractivity contribution >= 4 is 22.9 Å². The monoisotopic (exact) mass is 314 g/mol. The highest BCUT2D eigenvalue weighted by Crippen LogP contribution is 2.32. The van der Waals surface area contributed by atoms with Gasteiger partial charge in [0.05, 0.1) is 23.3 Å². The number of halogens is 3. The van der Waals surface area contributed by atoms with E-state index in [9.17, 15) is 13.2 Å². The van der Waals surface area contributed by atoms with Gasteiger partial charge in [0.15, 0.2) is 0 Å². The zero-order valence-electron chi connectivity index (χ0n) is 11.1. The van der Waals surface area contributed by atoms with Gasteiger partial charge in [-0.15, -0.1) is 11.3 Å². The zero-order chi connectivity index (χ0) is 15.6. The van der Waals surface area contributed by atoms with E-state index in [0.717, 1.165) is 17.8 Å². The molecular weight excluding hydrogens is 301 g/mol. The lowest BCUT2D eigenvalue weighted by atomic mass is 10.1. The van der Waals surface area contributed by atoms with Gasteiger partial charge in [0.2, 0.25) is 0 Å². The molecule has 0 unspecified atom stereocenters. The van der Waals surface area contributed by atoms with Crippen LogP contribution in [0.15, 0.2) is 29.1 Å². The van der Waals surface area contributed by atoms with Crippen LogP contribution in [-0.4, -0.2) is 17.9 Å². The zero-order valence-corrected chi connectivity index (χ0v) is 11.9. The number of aromatic nitrogens is 1. The maximum atomic E-state index is 12.7. The Balaban J connectivity index is 2.36. The Morgan fingerprint density at radius 2 is 2.14 bits per heavy atom. The first-order valence-electron chi connectivity index (χ1n) is 5.93. The minimum Gasteiger partial charge on any atom is -0.384 e. The molecule has 0 fully saturated rings. The molecule has 1 aromatic heterocycles. The lowest BCUT2D eigenvalue weighted by Gasteiger charge is -2.22. The second kappa shape index (κ2) is 5.72. The molecule has 3 N–H and O–H groups in total. The van der Waals surface area contributed by atoms with Gasteiger partial charge < -0.3 is 10.6 Å². The number of nitrogens with two attached hydrogens (primary N) is 1. The molecule has 0 radical (unpaired) electrons. The van der Waals surface area contributed by atoms with E-state index < -0.39 is 17.6 Å². The second-order valence-corrected chi connectivity index (χ2v) is 5.20. The van der Waals surface area contributed by atoms with Crippen molar-refractivity contribution in [3.05, 3.63) is 45.9 Å². The molecule has 2 rings (SSSR count). The first kappa shape index (κ1) is 15.3. The topological polar surface area (TPSA) is 66.0 Å². The van der Waals surface area contributed by atoms with Crippen molar-refractivity contribution in [2.75, 3.05) is 11.9 Å². The summed E-state index contributed by atoms with van der Waals surface area (Å²) in [7, 11) is 1.72. The predicted molar refractivity (Wildman–Crippen MR) is 76.7 cm³/mol. The molecule has 112 valence electrons. The number of benzene rings is 1. The van der Waals surface area contributed by atoms with E-state index in [2.05, 4.69) is 4.98 Å². The minimum atomic E-state index is -4.46. The standard InChI is InChI=1S/C13H13F3N4S/c1-20(5-9-6-21-7-19-9)11-3-2-8(13(14,15)16)4-10(11)12(17)18/h2-4,6-7H,5H2,1H3,(H3,17,18). The Bertz CT molecular complexity index is 637. The molecule has 8 heteroatoms. The molecule has 0 aliphatic carbocycles. The van der Waals surface area contributed by atoms with E-state index in [1.54, 1.807) is 17.5 Å². The predicted octanol–water partition coefficient (Wildman–Crippen LogP) is 3.08. The van der Waals surface area contributed by atoms with Gasteiger partial charge in [-0.05, 0) is 18.2 Å². The van der Waals surface area contributed by atoms with Gasteiger partial charge in [-0.25, -0.2) is 4.98 Å². The van der Waals surface area contributed by atoms with Crippen LogP contribution < -0.4 is 10.6 Å². The summed E-state index contributed by atoms with van der Waals surface area (Å²) in [6.07, 6.45) is -4.46. The number of nitrogens with zero attached hydrogens (tertiary/aromatic N) is 2. The van der Waals surface area contributed by atoms with Gasteiger partial charge in [-0.3, -0.25) is 5.41 Å². The molecule has 0 atom stereocenters. The molecule has 0 aliphatic heterocycles. The number of nitrogen functional groups attached to an aromatic ring is 1. The fourth-order valence-corrected chi connectivity index (χ4v) is 2.45. The summed E-state index contributed by atoms with van der Waals surface area (Å²) in [4.78, 5) is 5.84. The van der Waals surface area contributed by atoms with Gasteiger partial charge in [0, 0.05) is 23.7 Å². The lowest BCUT2D eigenvalue weighted by Crippen LogP contribution is -2.23. The molecule has 0 bridgehead atoms. The van der Waals surface area contributed by atoms with E-state index in [0.29, 0.717) is 12.2 Å². The second-order valence-electron chi connectivity index (χ2n) is 4.48. The van der Waals surface area contributed by atoms with Crippen molar-refractivity contribution in [1.29, 1.82) is 5.41 Å². The molecule has 4 nitrogen and oxygen atoms in total. The molecule has 0 spiro atoms. The van der Waals surface area contributed by atoms with Crippen LogP contribution in [0.5, 0.6) is 0 Å². The Hall–Kier alpha value is -2.09. The van der Waals surface area contributed by atoms with Crippen molar-refractivity contribution in [3.63, 3.8) is 0 Å². The number of amidine groups is 1. The highest BCUT2D eigenvalue weighted by Gasteiger charge is 2.31. The Labute approximate surface area is 123 Å². The van der Waals surface area contributed by atoms with Gasteiger partial charge >= 0.3 is 6.18 Å². The number of anilines is 1. The molecule has 0 amide bonds. The first-order valence-corrected chi connectivity index (χ1v) is 6.87. The van der Waals surface area contributed by atoms with E-state index in [1.165, 1.54) is 17.4 Å². The molecule has 1 aromatic carbocycles. The minimum absolute atomic E-state index is 0.0579. The quantitative estimate of drug-likeness (QED) is 0.673. The maximum Gasteiger partial charge on any atom is 0.416 e. The van der Waals surface area contributed by atoms with Crippen molar-refractivity contribution in [3.8, 4) is 0 Å². The highest BCUT2D eigenvalue weighted by molar-refractivity contribution is 7.07. The molecule has 1 heterocycles. The van der Waals surface area contributed by atoms with Gasteiger partial charge in [0.1, 0.15) is 5.84 Å². The number of hydrogen-bond donors (Lipinski definition) is 2. The summed E-state index contributed by atoms with van der Waals surface area (Å²) in [5.74, 6) is -0.402. The third-order valence-electron chi connectivity index (χ3n) is 2.91. The number of rotatable bonds is 4. The average Bonchev–Trinajstić information content (AvgIpc) is 2.89. The Morgan fingerprint density at radius 3 is 2.67 bits per heavy atom. The van der Waals surface area contributed by atoms with Crippen LogP contribution in [0.1, 0.15) is 16.8 Å². The fourth-order valence-electron chi connectivity index (χ4n) is 1.90. The average molecular weight is 314 g/mol. The molecule has 21 heavy (non-hydrogen) atoms. The maximum absolute atomic E-state index is 12.7. The summed E-state index contributed by atoms with van der Waals surface area (Å²) in [6.45, 7) is 0.426. The van der Waals surface area contributed by atoms with Crippen LogP contribution in [0.4, 0.5) is 18.9 Å². The Morgan fingerprint density at radius 1 is 1.43 bits per heavy atom. The summed E-state index contributed by atoms with van der Waals surface area (Å²) in [5, 5.41) is 9.35. The number of hydrogen-bond acceptors (Lipinski definition) is 4. The fraction of sp³-hybridized carbons (Fsp3) is 0.231. The lowest BCUT2D eigenvalue weighted by molar-refractivity contribution is -0.137. The Kier molecular flexibility index (Phi) is 4.17. The molecule has 0 saturated carbocycles. The molecular formula is C13H13F3N4S. The number of alkyl halides is 3. The summed E-state index contributed by atoms with van der Waals surface area (Å²) >= 11 is 1.44. The molecule has 2 aromatic rings. The van der Waals surface area contributed by atoms with Crippen molar-refractivity contribution in [2.45, 2.75) is 12.7 Å². The van der Waals surface area contributed by atoms with Crippen molar-refractivity contribution in [1.82, 2.24) is 4.98 Å². The van der Waals surface area contributed by atoms with Crippen LogP contribution in [0.25, 0.3) is 0 Å². The van der Waals surface area contributed by atoms with Crippen LogP contribution in [0.3, 0.4) is 0 Å². The highest BCUT2D eigenvalue weighted by atomic mass is 32.1. The summed E-state index contributed by atoms with van der Waals surface area (Å²) in [6, 6.07) is 3.21. The van der Waals surface area contributed by atoms with E-state index in [4.69, 9.17) is 11.1 Å². The van der Waals surface area contributed by atoms with Crippen molar-refractivity contribution in [2.24, 2.45) is 5.73 Å². The summed E-state index contributed by atoms with van der Waals surface area (Å²) in [5.41, 5.74) is 7.60. The van der Waals surface area contributed by atoms with Crippen LogP contribution in [-0.2, 0) is 12.7 Å². The van der Waals surface area contributed by atoms with E-state index in [1.807, 2.05) is 5.38 Å². The van der Waals surface area contributed by atoms with Crippen LogP contribution >= 0.6 is 11.3 Å². The smallest absolute Gasteiger partial charge is 0.384 e. The SMILES string of the molecule is CN(Cc1cscn1)c1ccc(C(F)(F)F)cc1C(=N)N. The summed E-state index contributed by atoms with van der Waals surface area (Å²) < 4.78 is 38.2. The van der Waals surface area contributed by atoms with E-state index >= 15 is 0 Å². The molecule has 0 saturated heterocycles. The van der Waals surface area contributed by atoms with Crippen molar-refractivity contribution < 1.29 is 13.2 Å². The first-order chi connectivity index (χ1) is 9.79. The van der Waals surface area contributed by atoms with Gasteiger partial charge in [-0.1, -0.05) is 0 Å². The van der Waals surface area contributed by atoms with Crippen LogP contribution in [0, 0.1) is 5.41 Å². The van der Waals surface area contributed by atoms with E-state index in [-0.39, 0.29) is 5.56 Å². The van der Waals surface area contributed by atoms with Crippen LogP contribution in [0.2, 0.25) is 0 Å². The largest absolute Gasteiger partial charge is 0.416 e. The number of thiazole rings is 1. The normalized spacial score (nSPS) is 11.4. The van der Waals surface area contributed by atoms with Gasteiger partial charge in [0.25, 0.3) is 0 Å². The molecule has 0 aliphatic rings. The number of nitrogens with one attached hydrogen (secondary N) is 1. The third-order valence-corrected chi connectivity index (χ3v) is 3.54.